The molecule has 106 valence electrons. The van der Waals surface area contributed by atoms with Crippen molar-refractivity contribution in [3.8, 4) is 0 Å². The number of hydrogen-bond donors (Lipinski definition) is 1. The number of morpholine rings is 1. The molecule has 5 heteroatoms. The van der Waals surface area contributed by atoms with E-state index < -0.39 is 0 Å². The third-order valence-electron chi connectivity index (χ3n) is 3.70. The minimum Gasteiger partial charge on any atom is -0.372 e. The minimum absolute atomic E-state index is 0.293. The second kappa shape index (κ2) is 5.38. The van der Waals surface area contributed by atoms with E-state index in [1.807, 2.05) is 11.3 Å². The monoisotopic (exact) mass is 281 g/mol. The summed E-state index contributed by atoms with van der Waals surface area (Å²) in [6, 6.07) is 0.758. The van der Waals surface area contributed by atoms with Gasteiger partial charge in [0.15, 0.2) is 5.13 Å². The van der Waals surface area contributed by atoms with Crippen LogP contribution in [0.25, 0.3) is 0 Å². The van der Waals surface area contributed by atoms with E-state index in [-0.39, 0.29) is 0 Å². The van der Waals surface area contributed by atoms with Crippen molar-refractivity contribution in [3.05, 3.63) is 10.6 Å². The van der Waals surface area contributed by atoms with Gasteiger partial charge in [-0.25, -0.2) is 4.98 Å². The topological polar surface area (TPSA) is 37.4 Å². The van der Waals surface area contributed by atoms with Gasteiger partial charge in [0.1, 0.15) is 0 Å². The lowest BCUT2D eigenvalue weighted by molar-refractivity contribution is -0.00523. The first-order chi connectivity index (χ1) is 9.11. The van der Waals surface area contributed by atoms with Gasteiger partial charge >= 0.3 is 0 Å². The predicted octanol–water partition coefficient (Wildman–Crippen LogP) is 2.32. The Balaban J connectivity index is 1.67. The highest BCUT2D eigenvalue weighted by Crippen LogP contribution is 2.29. The van der Waals surface area contributed by atoms with E-state index >= 15 is 0 Å². The number of nitrogens with zero attached hydrogens (tertiary/aromatic N) is 2. The first kappa shape index (κ1) is 13.3. The van der Waals surface area contributed by atoms with Crippen molar-refractivity contribution in [2.24, 2.45) is 0 Å². The van der Waals surface area contributed by atoms with Gasteiger partial charge in [0.25, 0.3) is 0 Å². The molecule has 1 N–H and O–H groups in total. The molecule has 4 nitrogen and oxygen atoms in total. The molecule has 1 saturated heterocycles. The molecule has 0 bridgehead atoms. The number of ether oxygens (including phenoxy) is 1. The first-order valence-corrected chi connectivity index (χ1v) is 8.03. The van der Waals surface area contributed by atoms with E-state index in [0.29, 0.717) is 12.2 Å². The van der Waals surface area contributed by atoms with Crippen LogP contribution in [0, 0.1) is 6.92 Å². The quantitative estimate of drug-likeness (QED) is 0.919. The van der Waals surface area contributed by atoms with E-state index in [2.05, 4.69) is 31.0 Å². The average Bonchev–Trinajstić information content (AvgIpc) is 3.09. The Kier molecular flexibility index (Phi) is 3.78. The molecule has 1 aliphatic heterocycles. The molecule has 2 aliphatic rings. The fourth-order valence-electron chi connectivity index (χ4n) is 2.57. The molecule has 3 rings (SSSR count). The first-order valence-electron chi connectivity index (χ1n) is 7.22. The number of rotatable bonds is 4. The minimum atomic E-state index is 0.293. The van der Waals surface area contributed by atoms with Crippen LogP contribution >= 0.6 is 11.3 Å². The van der Waals surface area contributed by atoms with Gasteiger partial charge in [0.2, 0.25) is 0 Å². The molecule has 1 aliphatic carbocycles. The number of thiazole rings is 1. The van der Waals surface area contributed by atoms with Gasteiger partial charge in [-0.15, -0.1) is 11.3 Å². The highest BCUT2D eigenvalue weighted by molar-refractivity contribution is 7.15. The van der Waals surface area contributed by atoms with E-state index in [0.717, 1.165) is 30.8 Å². The molecule has 2 heterocycles. The Bertz CT molecular complexity index is 434. The molecule has 2 fully saturated rings. The van der Waals surface area contributed by atoms with E-state index in [1.54, 1.807) is 0 Å². The summed E-state index contributed by atoms with van der Waals surface area (Å²) < 4.78 is 5.78. The van der Waals surface area contributed by atoms with Gasteiger partial charge in [0.05, 0.1) is 17.9 Å². The molecule has 0 amide bonds. The Morgan fingerprint density at radius 2 is 2.00 bits per heavy atom. The van der Waals surface area contributed by atoms with E-state index in [9.17, 15) is 0 Å². The maximum Gasteiger partial charge on any atom is 0.185 e. The Morgan fingerprint density at radius 1 is 1.32 bits per heavy atom. The lowest BCUT2D eigenvalue weighted by Crippen LogP contribution is -2.45. The summed E-state index contributed by atoms with van der Waals surface area (Å²) in [4.78, 5) is 8.51. The number of anilines is 1. The highest BCUT2D eigenvalue weighted by atomic mass is 32.1. The van der Waals surface area contributed by atoms with Crippen LogP contribution in [0.1, 0.15) is 37.3 Å². The molecule has 0 radical (unpaired) electrons. The number of hydrogen-bond acceptors (Lipinski definition) is 5. The summed E-state index contributed by atoms with van der Waals surface area (Å²) in [5.74, 6) is 0. The van der Waals surface area contributed by atoms with Crippen molar-refractivity contribution in [1.29, 1.82) is 0 Å². The SMILES string of the molecule is Cc1nc(N2C[C@@H](C)O[C@@H](C)C2)sc1CNC1CC1. The molecule has 1 aromatic heterocycles. The predicted molar refractivity (Wildman–Crippen MR) is 78.9 cm³/mol. The van der Waals surface area contributed by atoms with Crippen molar-refractivity contribution < 1.29 is 4.74 Å². The fraction of sp³-hybridized carbons (Fsp3) is 0.786. The molecule has 0 aromatic carbocycles. The molecule has 0 unspecified atom stereocenters. The van der Waals surface area contributed by atoms with Crippen LogP contribution in [0.15, 0.2) is 0 Å². The van der Waals surface area contributed by atoms with Gasteiger partial charge in [-0.3, -0.25) is 0 Å². The average molecular weight is 281 g/mol. The van der Waals surface area contributed by atoms with Gasteiger partial charge in [-0.1, -0.05) is 0 Å². The molecule has 0 spiro atoms. The van der Waals surface area contributed by atoms with Crippen LogP contribution in [-0.2, 0) is 11.3 Å². The molecule has 1 aromatic rings. The summed E-state index contributed by atoms with van der Waals surface area (Å²) >= 11 is 1.84. The number of nitrogens with one attached hydrogen (secondary N) is 1. The van der Waals surface area contributed by atoms with Crippen LogP contribution in [0.5, 0.6) is 0 Å². The maximum absolute atomic E-state index is 5.78. The zero-order valence-electron chi connectivity index (χ0n) is 12.0. The smallest absolute Gasteiger partial charge is 0.185 e. The molecule has 2 atom stereocenters. The van der Waals surface area contributed by atoms with Crippen molar-refractivity contribution >= 4 is 16.5 Å². The van der Waals surface area contributed by atoms with Gasteiger partial charge in [0, 0.05) is 30.6 Å². The lowest BCUT2D eigenvalue weighted by atomic mass is 10.2. The fourth-order valence-corrected chi connectivity index (χ4v) is 3.60. The summed E-state index contributed by atoms with van der Waals surface area (Å²) in [5.41, 5.74) is 1.18. The summed E-state index contributed by atoms with van der Waals surface area (Å²) in [7, 11) is 0. The third-order valence-corrected chi connectivity index (χ3v) is 4.92. The van der Waals surface area contributed by atoms with Crippen LogP contribution in [0.4, 0.5) is 5.13 Å². The van der Waals surface area contributed by atoms with Crippen LogP contribution in [0.3, 0.4) is 0 Å². The van der Waals surface area contributed by atoms with Crippen LogP contribution in [0.2, 0.25) is 0 Å². The second-order valence-electron chi connectivity index (χ2n) is 5.82. The largest absolute Gasteiger partial charge is 0.372 e. The standard InChI is InChI=1S/C14H23N3OS/c1-9-7-17(8-10(2)18-9)14-16-11(3)13(19-14)6-15-12-4-5-12/h9-10,12,15H,4-8H2,1-3H3/t9-,10+. The van der Waals surface area contributed by atoms with Gasteiger partial charge in [-0.05, 0) is 33.6 Å². The Hall–Kier alpha value is -0.650. The normalized spacial score (nSPS) is 27.8. The van der Waals surface area contributed by atoms with Gasteiger partial charge in [-0.2, -0.15) is 0 Å². The number of aryl methyl sites for hydroxylation is 1. The molecular formula is C14H23N3OS. The highest BCUT2D eigenvalue weighted by Gasteiger charge is 2.25. The van der Waals surface area contributed by atoms with Crippen LogP contribution < -0.4 is 10.2 Å². The van der Waals surface area contributed by atoms with Crippen molar-refractivity contribution in [2.75, 3.05) is 18.0 Å². The Labute approximate surface area is 119 Å². The summed E-state index contributed by atoms with van der Waals surface area (Å²) in [5, 5.41) is 4.73. The van der Waals surface area contributed by atoms with Crippen molar-refractivity contribution in [3.63, 3.8) is 0 Å². The van der Waals surface area contributed by atoms with Crippen molar-refractivity contribution in [2.45, 2.75) is 58.4 Å². The van der Waals surface area contributed by atoms with E-state index in [4.69, 9.17) is 9.72 Å². The zero-order valence-corrected chi connectivity index (χ0v) is 12.8. The third kappa shape index (κ3) is 3.27. The number of aromatic nitrogens is 1. The second-order valence-corrected chi connectivity index (χ2v) is 6.88. The van der Waals surface area contributed by atoms with E-state index in [1.165, 1.54) is 23.4 Å². The van der Waals surface area contributed by atoms with Gasteiger partial charge < -0.3 is 15.0 Å². The van der Waals surface area contributed by atoms with Crippen LogP contribution in [-0.4, -0.2) is 36.3 Å². The molecule has 19 heavy (non-hydrogen) atoms. The Morgan fingerprint density at radius 3 is 2.63 bits per heavy atom. The maximum atomic E-state index is 5.78. The zero-order chi connectivity index (χ0) is 13.4. The summed E-state index contributed by atoms with van der Waals surface area (Å²) in [6.07, 6.45) is 3.26. The van der Waals surface area contributed by atoms with Crippen molar-refractivity contribution in [1.82, 2.24) is 10.3 Å². The lowest BCUT2D eigenvalue weighted by Gasteiger charge is -2.35. The molecule has 1 saturated carbocycles. The summed E-state index contributed by atoms with van der Waals surface area (Å²) in [6.45, 7) is 9.28. The molecular weight excluding hydrogens is 258 g/mol.